The second-order valence-electron chi connectivity index (χ2n) is 7.01. The quantitative estimate of drug-likeness (QED) is 0.827. The van der Waals surface area contributed by atoms with Crippen LogP contribution in [-0.2, 0) is 19.9 Å². The zero-order valence-electron chi connectivity index (χ0n) is 14.5. The van der Waals surface area contributed by atoms with Gasteiger partial charge in [0.2, 0.25) is 0 Å². The number of amides is 1. The van der Waals surface area contributed by atoms with Gasteiger partial charge in [0.05, 0.1) is 5.02 Å². The molecular weight excluding hydrogens is 336 g/mol. The molecule has 4 rings (SSSR count). The van der Waals surface area contributed by atoms with Gasteiger partial charge in [0.25, 0.3) is 5.91 Å². The first-order valence-electron chi connectivity index (χ1n) is 8.91. The summed E-state index contributed by atoms with van der Waals surface area (Å²) in [6, 6.07) is 9.30. The molecule has 6 heteroatoms. The second kappa shape index (κ2) is 6.81. The van der Waals surface area contributed by atoms with Gasteiger partial charge < -0.3 is 4.90 Å². The van der Waals surface area contributed by atoms with Crippen molar-refractivity contribution in [1.82, 2.24) is 19.6 Å². The minimum atomic E-state index is -0.0536. The van der Waals surface area contributed by atoms with Crippen LogP contribution in [0.25, 0.3) is 0 Å². The van der Waals surface area contributed by atoms with Crippen LogP contribution in [0.2, 0.25) is 5.02 Å². The maximum Gasteiger partial charge on any atom is 0.275 e. The molecule has 0 atom stereocenters. The zero-order valence-corrected chi connectivity index (χ0v) is 15.2. The van der Waals surface area contributed by atoms with Gasteiger partial charge in [-0.15, -0.1) is 0 Å². The summed E-state index contributed by atoms with van der Waals surface area (Å²) in [5.74, 6) is -0.0536. The fourth-order valence-electron chi connectivity index (χ4n) is 4.05. The Kier molecular flexibility index (Phi) is 4.52. The van der Waals surface area contributed by atoms with Crippen molar-refractivity contribution < 1.29 is 4.79 Å². The fourth-order valence-corrected chi connectivity index (χ4v) is 4.31. The van der Waals surface area contributed by atoms with E-state index in [4.69, 9.17) is 11.6 Å². The van der Waals surface area contributed by atoms with Crippen LogP contribution < -0.4 is 0 Å². The number of rotatable bonds is 2. The standard InChI is InChI=1S/C19H23ClN4O/c1-22-13-17(20)18(21-22)19(25)24-8-4-7-23(9-10-24)16-11-14-5-2-3-6-15(14)12-16/h2-3,5-6,13,16H,4,7-12H2,1H3. The van der Waals surface area contributed by atoms with Crippen molar-refractivity contribution in [3.05, 3.63) is 52.3 Å². The summed E-state index contributed by atoms with van der Waals surface area (Å²) in [7, 11) is 1.78. The molecule has 0 N–H and O–H groups in total. The van der Waals surface area contributed by atoms with Gasteiger partial charge in [-0.25, -0.2) is 0 Å². The van der Waals surface area contributed by atoms with E-state index in [-0.39, 0.29) is 5.91 Å². The summed E-state index contributed by atoms with van der Waals surface area (Å²) in [6.45, 7) is 3.45. The zero-order chi connectivity index (χ0) is 17.4. The third kappa shape index (κ3) is 3.31. The van der Waals surface area contributed by atoms with Crippen LogP contribution >= 0.6 is 11.6 Å². The van der Waals surface area contributed by atoms with Crippen molar-refractivity contribution in [2.45, 2.75) is 25.3 Å². The molecule has 5 nitrogen and oxygen atoms in total. The molecule has 0 saturated carbocycles. The van der Waals surface area contributed by atoms with Crippen molar-refractivity contribution in [2.75, 3.05) is 26.2 Å². The Morgan fingerprint density at radius 1 is 1.12 bits per heavy atom. The molecule has 0 radical (unpaired) electrons. The summed E-state index contributed by atoms with van der Waals surface area (Å²) in [4.78, 5) is 17.2. The largest absolute Gasteiger partial charge is 0.336 e. The number of carbonyl (C=O) groups is 1. The van der Waals surface area contributed by atoms with Gasteiger partial charge >= 0.3 is 0 Å². The van der Waals surface area contributed by atoms with E-state index < -0.39 is 0 Å². The van der Waals surface area contributed by atoms with E-state index >= 15 is 0 Å². The lowest BCUT2D eigenvalue weighted by molar-refractivity contribution is 0.0751. The fraction of sp³-hybridized carbons (Fsp3) is 0.474. The van der Waals surface area contributed by atoms with Crippen molar-refractivity contribution >= 4 is 17.5 Å². The highest BCUT2D eigenvalue weighted by molar-refractivity contribution is 6.33. The molecule has 0 unspecified atom stereocenters. The summed E-state index contributed by atoms with van der Waals surface area (Å²) in [5.41, 5.74) is 3.32. The van der Waals surface area contributed by atoms with Crippen LogP contribution in [0.1, 0.15) is 28.0 Å². The molecule has 2 aromatic rings. The van der Waals surface area contributed by atoms with Crippen LogP contribution in [0.5, 0.6) is 0 Å². The average Bonchev–Trinajstić information content (AvgIpc) is 3.08. The van der Waals surface area contributed by atoms with E-state index in [1.165, 1.54) is 11.1 Å². The van der Waals surface area contributed by atoms with E-state index in [0.29, 0.717) is 16.8 Å². The van der Waals surface area contributed by atoms with Crippen molar-refractivity contribution in [3.8, 4) is 0 Å². The number of benzene rings is 1. The molecule has 1 aliphatic heterocycles. The van der Waals surface area contributed by atoms with Crippen LogP contribution in [0.15, 0.2) is 30.5 Å². The van der Waals surface area contributed by atoms with E-state index in [1.807, 2.05) is 4.90 Å². The Hall–Kier alpha value is -1.85. The Bertz CT molecular complexity index is 762. The van der Waals surface area contributed by atoms with Crippen LogP contribution in [0, 0.1) is 0 Å². The first kappa shape index (κ1) is 16.6. The summed E-state index contributed by atoms with van der Waals surface area (Å²) >= 11 is 6.14. The van der Waals surface area contributed by atoms with Crippen LogP contribution in [0.3, 0.4) is 0 Å². The molecular formula is C19H23ClN4O. The molecule has 1 aromatic carbocycles. The Balaban J connectivity index is 1.41. The number of nitrogens with zero attached hydrogens (tertiary/aromatic N) is 4. The van der Waals surface area contributed by atoms with Gasteiger partial charge in [-0.2, -0.15) is 5.10 Å². The predicted molar refractivity (Wildman–Crippen MR) is 97.9 cm³/mol. The normalized spacial score (nSPS) is 19.0. The number of aromatic nitrogens is 2. The molecule has 1 amide bonds. The number of aryl methyl sites for hydroxylation is 1. The third-order valence-corrected chi connectivity index (χ3v) is 5.63. The van der Waals surface area contributed by atoms with Gasteiger partial charge in [0, 0.05) is 45.5 Å². The minimum absolute atomic E-state index is 0.0536. The monoisotopic (exact) mass is 358 g/mol. The number of fused-ring (bicyclic) bond motifs is 1. The highest BCUT2D eigenvalue weighted by Crippen LogP contribution is 2.26. The van der Waals surface area contributed by atoms with Crippen LogP contribution in [-0.4, -0.2) is 57.7 Å². The third-order valence-electron chi connectivity index (χ3n) is 5.35. The summed E-state index contributed by atoms with van der Waals surface area (Å²) in [6.07, 6.45) is 4.91. The maximum absolute atomic E-state index is 12.7. The Morgan fingerprint density at radius 3 is 2.48 bits per heavy atom. The molecule has 0 spiro atoms. The molecule has 2 heterocycles. The number of halogens is 1. The number of carbonyl (C=O) groups excluding carboxylic acids is 1. The van der Waals surface area contributed by atoms with Gasteiger partial charge in [0.15, 0.2) is 5.69 Å². The van der Waals surface area contributed by atoms with Gasteiger partial charge in [0.1, 0.15) is 0 Å². The Morgan fingerprint density at radius 2 is 1.84 bits per heavy atom. The van der Waals surface area contributed by atoms with Crippen molar-refractivity contribution in [2.24, 2.45) is 7.05 Å². The Labute approximate surface area is 153 Å². The number of hydrogen-bond acceptors (Lipinski definition) is 3. The van der Waals surface area contributed by atoms with E-state index in [0.717, 1.165) is 45.4 Å². The molecule has 2 aliphatic rings. The summed E-state index contributed by atoms with van der Waals surface area (Å²) in [5, 5.41) is 4.65. The first-order chi connectivity index (χ1) is 12.1. The first-order valence-corrected chi connectivity index (χ1v) is 9.29. The van der Waals surface area contributed by atoms with E-state index in [1.54, 1.807) is 17.9 Å². The van der Waals surface area contributed by atoms with E-state index in [9.17, 15) is 4.79 Å². The van der Waals surface area contributed by atoms with Gasteiger partial charge in [-0.3, -0.25) is 14.4 Å². The van der Waals surface area contributed by atoms with Crippen molar-refractivity contribution in [3.63, 3.8) is 0 Å². The van der Waals surface area contributed by atoms with Crippen LogP contribution in [0.4, 0.5) is 0 Å². The van der Waals surface area contributed by atoms with Gasteiger partial charge in [-0.1, -0.05) is 35.9 Å². The van der Waals surface area contributed by atoms with E-state index in [2.05, 4.69) is 34.3 Å². The SMILES string of the molecule is Cn1cc(Cl)c(C(=O)N2CCCN(C3Cc4ccccc4C3)CC2)n1. The lowest BCUT2D eigenvalue weighted by atomic mass is 10.1. The highest BCUT2D eigenvalue weighted by atomic mass is 35.5. The van der Waals surface area contributed by atoms with Gasteiger partial charge in [-0.05, 0) is 30.4 Å². The molecule has 1 fully saturated rings. The lowest BCUT2D eigenvalue weighted by Crippen LogP contribution is -2.40. The molecule has 1 saturated heterocycles. The molecule has 132 valence electrons. The minimum Gasteiger partial charge on any atom is -0.336 e. The highest BCUT2D eigenvalue weighted by Gasteiger charge is 2.30. The van der Waals surface area contributed by atoms with Crippen molar-refractivity contribution in [1.29, 1.82) is 0 Å². The smallest absolute Gasteiger partial charge is 0.275 e. The molecule has 0 bridgehead atoms. The average molecular weight is 359 g/mol. The topological polar surface area (TPSA) is 41.4 Å². The number of hydrogen-bond donors (Lipinski definition) is 0. The molecule has 1 aromatic heterocycles. The summed E-state index contributed by atoms with van der Waals surface area (Å²) < 4.78 is 1.59. The predicted octanol–water partition coefficient (Wildman–Crippen LogP) is 2.39. The maximum atomic E-state index is 12.7. The molecule has 1 aliphatic carbocycles. The lowest BCUT2D eigenvalue weighted by Gasteiger charge is -2.27. The second-order valence-corrected chi connectivity index (χ2v) is 7.42. The molecule has 25 heavy (non-hydrogen) atoms.